The Labute approximate surface area is 163 Å². The summed E-state index contributed by atoms with van der Waals surface area (Å²) in [4.78, 5) is 23.1. The van der Waals surface area contributed by atoms with E-state index in [0.717, 1.165) is 17.0 Å². The van der Waals surface area contributed by atoms with Crippen molar-refractivity contribution >= 4 is 17.5 Å². The molecule has 0 spiro atoms. The van der Waals surface area contributed by atoms with E-state index in [2.05, 4.69) is 10.4 Å². The van der Waals surface area contributed by atoms with Gasteiger partial charge in [-0.05, 0) is 61.9 Å². The van der Waals surface area contributed by atoms with Gasteiger partial charge in [0.1, 0.15) is 5.75 Å². The van der Waals surface area contributed by atoms with E-state index in [9.17, 15) is 9.59 Å². The summed E-state index contributed by atoms with van der Waals surface area (Å²) in [6.07, 6.45) is 0. The molecule has 0 aliphatic carbocycles. The highest BCUT2D eigenvalue weighted by molar-refractivity contribution is 6.04. The summed E-state index contributed by atoms with van der Waals surface area (Å²) >= 11 is 0. The highest BCUT2D eigenvalue weighted by Gasteiger charge is 2.08. The molecule has 2 aromatic carbocycles. The Bertz CT molecular complexity index is 976. The van der Waals surface area contributed by atoms with Gasteiger partial charge < -0.3 is 15.8 Å². The molecule has 0 fully saturated rings. The number of hydrogen-bond donors (Lipinski definition) is 2. The largest absolute Gasteiger partial charge is 0.484 e. The Kier molecular flexibility index (Phi) is 5.74. The summed E-state index contributed by atoms with van der Waals surface area (Å²) in [5.41, 5.74) is 9.38. The minimum absolute atomic E-state index is 0.185. The van der Waals surface area contributed by atoms with Crippen LogP contribution in [0.15, 0.2) is 54.6 Å². The lowest BCUT2D eigenvalue weighted by Gasteiger charge is -2.09. The third kappa shape index (κ3) is 4.97. The van der Waals surface area contributed by atoms with Crippen molar-refractivity contribution in [3.05, 3.63) is 77.1 Å². The van der Waals surface area contributed by atoms with Gasteiger partial charge >= 0.3 is 0 Å². The second-order valence-corrected chi connectivity index (χ2v) is 6.52. The first-order chi connectivity index (χ1) is 13.4. The molecular weight excluding hydrogens is 356 g/mol. The van der Waals surface area contributed by atoms with E-state index in [1.807, 2.05) is 36.7 Å². The molecule has 0 atom stereocenters. The number of primary amides is 1. The fraction of sp³-hybridized carbons (Fsp3) is 0.190. The van der Waals surface area contributed by atoms with Crippen LogP contribution in [-0.4, -0.2) is 28.2 Å². The van der Waals surface area contributed by atoms with Crippen LogP contribution in [0, 0.1) is 13.8 Å². The summed E-state index contributed by atoms with van der Waals surface area (Å²) in [5.74, 6) is -0.243. The number of aromatic nitrogens is 2. The van der Waals surface area contributed by atoms with Gasteiger partial charge in [-0.2, -0.15) is 5.10 Å². The first-order valence-corrected chi connectivity index (χ1v) is 8.83. The summed E-state index contributed by atoms with van der Waals surface area (Å²) in [5, 5.41) is 7.28. The van der Waals surface area contributed by atoms with Crippen LogP contribution in [-0.2, 0) is 11.3 Å². The van der Waals surface area contributed by atoms with Crippen LogP contribution in [0.5, 0.6) is 5.75 Å². The van der Waals surface area contributed by atoms with Gasteiger partial charge in [0.15, 0.2) is 6.61 Å². The van der Waals surface area contributed by atoms with E-state index in [1.54, 1.807) is 36.4 Å². The van der Waals surface area contributed by atoms with Gasteiger partial charge in [0.05, 0.1) is 12.2 Å². The van der Waals surface area contributed by atoms with E-state index in [-0.39, 0.29) is 12.5 Å². The summed E-state index contributed by atoms with van der Waals surface area (Å²) in [7, 11) is 0. The number of ether oxygens (including phenoxy) is 1. The van der Waals surface area contributed by atoms with Crippen LogP contribution in [0.3, 0.4) is 0 Å². The van der Waals surface area contributed by atoms with Gasteiger partial charge in [-0.25, -0.2) is 0 Å². The van der Waals surface area contributed by atoms with Gasteiger partial charge in [-0.1, -0.05) is 12.1 Å². The molecule has 0 bridgehead atoms. The number of rotatable bonds is 7. The Morgan fingerprint density at radius 3 is 2.32 bits per heavy atom. The number of aryl methyl sites for hydroxylation is 2. The Morgan fingerprint density at radius 2 is 1.75 bits per heavy atom. The molecule has 0 saturated heterocycles. The molecule has 144 valence electrons. The number of nitrogens with zero attached hydrogens (tertiary/aromatic N) is 2. The third-order valence-corrected chi connectivity index (χ3v) is 4.15. The van der Waals surface area contributed by atoms with E-state index < -0.39 is 5.91 Å². The van der Waals surface area contributed by atoms with Crippen LogP contribution < -0.4 is 15.8 Å². The van der Waals surface area contributed by atoms with Gasteiger partial charge in [0, 0.05) is 16.9 Å². The Morgan fingerprint density at radius 1 is 1.07 bits per heavy atom. The first-order valence-electron chi connectivity index (χ1n) is 8.83. The SMILES string of the molecule is Cc1cc(C)n(Cc2ccc(C(=O)Nc3ccc(OCC(N)=O)cc3)cc2)n1. The molecule has 1 aromatic heterocycles. The molecule has 7 heteroatoms. The highest BCUT2D eigenvalue weighted by atomic mass is 16.5. The molecule has 0 unspecified atom stereocenters. The molecule has 0 radical (unpaired) electrons. The maximum Gasteiger partial charge on any atom is 0.255 e. The second kappa shape index (κ2) is 8.39. The van der Waals surface area contributed by atoms with Gasteiger partial charge in [-0.3, -0.25) is 14.3 Å². The number of carbonyl (C=O) groups is 2. The quantitative estimate of drug-likeness (QED) is 0.660. The predicted octanol–water partition coefficient (Wildman–Crippen LogP) is 2.66. The molecule has 0 saturated carbocycles. The van der Waals surface area contributed by atoms with E-state index in [1.165, 1.54) is 0 Å². The lowest BCUT2D eigenvalue weighted by Crippen LogP contribution is -2.20. The zero-order valence-electron chi connectivity index (χ0n) is 15.8. The first kappa shape index (κ1) is 19.2. The molecule has 28 heavy (non-hydrogen) atoms. The number of benzene rings is 2. The fourth-order valence-corrected chi connectivity index (χ4v) is 2.76. The Hall–Kier alpha value is -3.61. The lowest BCUT2D eigenvalue weighted by atomic mass is 10.1. The normalized spacial score (nSPS) is 10.5. The summed E-state index contributed by atoms with van der Waals surface area (Å²) in [6, 6.07) is 16.2. The van der Waals surface area contributed by atoms with Crippen LogP contribution >= 0.6 is 0 Å². The van der Waals surface area contributed by atoms with E-state index in [4.69, 9.17) is 10.5 Å². The molecule has 7 nitrogen and oxygen atoms in total. The fourth-order valence-electron chi connectivity index (χ4n) is 2.76. The van der Waals surface area contributed by atoms with Crippen molar-refractivity contribution in [2.24, 2.45) is 5.73 Å². The smallest absolute Gasteiger partial charge is 0.255 e. The third-order valence-electron chi connectivity index (χ3n) is 4.15. The number of nitrogens with two attached hydrogens (primary N) is 1. The zero-order chi connectivity index (χ0) is 20.1. The van der Waals surface area contributed by atoms with Crippen LogP contribution in [0.4, 0.5) is 5.69 Å². The molecule has 1 heterocycles. The number of hydrogen-bond acceptors (Lipinski definition) is 4. The van der Waals surface area contributed by atoms with Crippen molar-refractivity contribution in [2.45, 2.75) is 20.4 Å². The highest BCUT2D eigenvalue weighted by Crippen LogP contribution is 2.17. The van der Waals surface area contributed by atoms with Crippen molar-refractivity contribution in [3.63, 3.8) is 0 Å². The molecular formula is C21H22N4O3. The van der Waals surface area contributed by atoms with Crippen molar-refractivity contribution in [2.75, 3.05) is 11.9 Å². The van der Waals surface area contributed by atoms with Crippen molar-refractivity contribution in [1.29, 1.82) is 0 Å². The molecule has 3 aromatic rings. The van der Waals surface area contributed by atoms with Crippen LogP contribution in [0.2, 0.25) is 0 Å². The van der Waals surface area contributed by atoms with Crippen LogP contribution in [0.25, 0.3) is 0 Å². The molecule has 3 N–H and O–H groups in total. The Balaban J connectivity index is 1.60. The standard InChI is InChI=1S/C21H22N4O3/c1-14-11-15(2)25(24-14)12-16-3-5-17(6-4-16)21(27)23-18-7-9-19(10-8-18)28-13-20(22)26/h3-11H,12-13H2,1-2H3,(H2,22,26)(H,23,27). The average molecular weight is 378 g/mol. The number of amides is 2. The summed E-state index contributed by atoms with van der Waals surface area (Å²) < 4.78 is 7.13. The topological polar surface area (TPSA) is 99.2 Å². The number of carbonyl (C=O) groups excluding carboxylic acids is 2. The second-order valence-electron chi connectivity index (χ2n) is 6.52. The zero-order valence-corrected chi connectivity index (χ0v) is 15.8. The minimum Gasteiger partial charge on any atom is -0.484 e. The molecule has 3 rings (SSSR count). The van der Waals surface area contributed by atoms with Gasteiger partial charge in [0.25, 0.3) is 11.8 Å². The van der Waals surface area contributed by atoms with Gasteiger partial charge in [-0.15, -0.1) is 0 Å². The van der Waals surface area contributed by atoms with Crippen molar-refractivity contribution < 1.29 is 14.3 Å². The summed E-state index contributed by atoms with van der Waals surface area (Å²) in [6.45, 7) is 4.46. The number of nitrogens with one attached hydrogen (secondary N) is 1. The van der Waals surface area contributed by atoms with E-state index >= 15 is 0 Å². The minimum atomic E-state index is -0.543. The number of anilines is 1. The maximum atomic E-state index is 12.4. The average Bonchev–Trinajstić information content (AvgIpc) is 2.98. The van der Waals surface area contributed by atoms with Crippen molar-refractivity contribution in [1.82, 2.24) is 9.78 Å². The molecule has 2 amide bonds. The molecule has 0 aliphatic rings. The maximum absolute atomic E-state index is 12.4. The predicted molar refractivity (Wildman–Crippen MR) is 106 cm³/mol. The van der Waals surface area contributed by atoms with Gasteiger partial charge in [0.2, 0.25) is 0 Å². The molecule has 0 aliphatic heterocycles. The van der Waals surface area contributed by atoms with E-state index in [0.29, 0.717) is 23.5 Å². The van der Waals surface area contributed by atoms with Crippen LogP contribution in [0.1, 0.15) is 27.3 Å². The van der Waals surface area contributed by atoms with Crippen molar-refractivity contribution in [3.8, 4) is 5.75 Å². The lowest BCUT2D eigenvalue weighted by molar-refractivity contribution is -0.119. The monoisotopic (exact) mass is 378 g/mol.